The molecule has 0 heterocycles. The van der Waals surface area contributed by atoms with E-state index in [9.17, 15) is 9.59 Å². The minimum atomic E-state index is -1.01. The summed E-state index contributed by atoms with van der Waals surface area (Å²) in [6.07, 6.45) is 6.98. The highest BCUT2D eigenvalue weighted by Gasteiger charge is 2.13. The average Bonchev–Trinajstić information content (AvgIpc) is 2.18. The lowest BCUT2D eigenvalue weighted by Gasteiger charge is -2.13. The fraction of sp³-hybridized carbons (Fsp3) is 0.636. The van der Waals surface area contributed by atoms with Crippen molar-refractivity contribution < 1.29 is 14.7 Å². The van der Waals surface area contributed by atoms with Gasteiger partial charge in [0.15, 0.2) is 0 Å². The van der Waals surface area contributed by atoms with Crippen molar-refractivity contribution in [2.24, 2.45) is 0 Å². The first-order valence-corrected chi connectivity index (χ1v) is 5.32. The molecule has 15 heavy (non-hydrogen) atoms. The molecule has 0 aromatic heterocycles. The van der Waals surface area contributed by atoms with Gasteiger partial charge in [0.25, 0.3) is 0 Å². The molecule has 1 fully saturated rings. The first kappa shape index (κ1) is 11.8. The molecule has 4 heteroatoms. The van der Waals surface area contributed by atoms with Gasteiger partial charge in [-0.15, -0.1) is 0 Å². The molecule has 1 saturated carbocycles. The standard InChI is InChI=1S/C11H17NO3/c1-8(11(14)15)12-10(13)7-9-5-3-2-4-6-9/h7-8H,2-6H2,1H3,(H,12,13)(H,14,15)/t8-/m0/s1. The van der Waals surface area contributed by atoms with Crippen LogP contribution in [0.4, 0.5) is 0 Å². The van der Waals surface area contributed by atoms with Gasteiger partial charge in [0.2, 0.25) is 5.91 Å². The molecule has 4 nitrogen and oxygen atoms in total. The number of allylic oxidation sites excluding steroid dienone is 1. The lowest BCUT2D eigenvalue weighted by molar-refractivity contribution is -0.140. The molecule has 0 bridgehead atoms. The molecule has 0 aromatic rings. The third-order valence-corrected chi connectivity index (χ3v) is 2.56. The van der Waals surface area contributed by atoms with Crippen LogP contribution in [0.25, 0.3) is 0 Å². The number of nitrogens with one attached hydrogen (secondary N) is 1. The van der Waals surface area contributed by atoms with Gasteiger partial charge in [-0.1, -0.05) is 12.0 Å². The van der Waals surface area contributed by atoms with E-state index in [1.807, 2.05) is 0 Å². The second-order valence-corrected chi connectivity index (χ2v) is 3.93. The molecule has 84 valence electrons. The van der Waals surface area contributed by atoms with E-state index in [1.54, 1.807) is 6.08 Å². The topological polar surface area (TPSA) is 66.4 Å². The minimum absolute atomic E-state index is 0.290. The van der Waals surface area contributed by atoms with Gasteiger partial charge in [-0.3, -0.25) is 9.59 Å². The third-order valence-electron chi connectivity index (χ3n) is 2.56. The van der Waals surface area contributed by atoms with Crippen LogP contribution in [0.5, 0.6) is 0 Å². The van der Waals surface area contributed by atoms with Gasteiger partial charge in [0.1, 0.15) is 6.04 Å². The molecule has 1 aliphatic carbocycles. The number of hydrogen-bond acceptors (Lipinski definition) is 2. The minimum Gasteiger partial charge on any atom is -0.480 e. The van der Waals surface area contributed by atoms with Crippen molar-refractivity contribution in [1.29, 1.82) is 0 Å². The Morgan fingerprint density at radius 2 is 1.93 bits per heavy atom. The summed E-state index contributed by atoms with van der Waals surface area (Å²) >= 11 is 0. The SMILES string of the molecule is C[C@H](NC(=O)C=C1CCCCC1)C(=O)O. The van der Waals surface area contributed by atoms with Gasteiger partial charge in [-0.25, -0.2) is 0 Å². The van der Waals surface area contributed by atoms with Gasteiger partial charge in [-0.2, -0.15) is 0 Å². The van der Waals surface area contributed by atoms with Crippen molar-refractivity contribution >= 4 is 11.9 Å². The molecular weight excluding hydrogens is 194 g/mol. The normalized spacial score (nSPS) is 18.1. The van der Waals surface area contributed by atoms with Crippen molar-refractivity contribution in [2.45, 2.75) is 45.1 Å². The molecular formula is C11H17NO3. The molecule has 0 unspecified atom stereocenters. The number of hydrogen-bond donors (Lipinski definition) is 2. The van der Waals surface area contributed by atoms with E-state index in [2.05, 4.69) is 5.32 Å². The van der Waals surface area contributed by atoms with E-state index in [0.717, 1.165) is 31.3 Å². The molecule has 1 rings (SSSR count). The van der Waals surface area contributed by atoms with Crippen molar-refractivity contribution in [2.75, 3.05) is 0 Å². The van der Waals surface area contributed by atoms with Crippen LogP contribution >= 0.6 is 0 Å². The van der Waals surface area contributed by atoms with Crippen LogP contribution in [-0.2, 0) is 9.59 Å². The van der Waals surface area contributed by atoms with Crippen LogP contribution in [0.3, 0.4) is 0 Å². The maximum absolute atomic E-state index is 11.4. The molecule has 0 aromatic carbocycles. The summed E-state index contributed by atoms with van der Waals surface area (Å²) in [7, 11) is 0. The monoisotopic (exact) mass is 211 g/mol. The van der Waals surface area contributed by atoms with Gasteiger partial charge < -0.3 is 10.4 Å². The molecule has 1 atom stereocenters. The summed E-state index contributed by atoms with van der Waals surface area (Å²) in [6.45, 7) is 1.46. The lowest BCUT2D eigenvalue weighted by Crippen LogP contribution is -2.37. The Hall–Kier alpha value is -1.32. The number of carboxylic acid groups (broad SMARTS) is 1. The summed E-state index contributed by atoms with van der Waals surface area (Å²) in [5, 5.41) is 11.0. The number of amides is 1. The van der Waals surface area contributed by atoms with Crippen LogP contribution in [0.2, 0.25) is 0 Å². The average molecular weight is 211 g/mol. The highest BCUT2D eigenvalue weighted by molar-refractivity contribution is 5.91. The maximum Gasteiger partial charge on any atom is 0.325 e. The smallest absolute Gasteiger partial charge is 0.325 e. The van der Waals surface area contributed by atoms with E-state index in [-0.39, 0.29) is 5.91 Å². The fourth-order valence-corrected chi connectivity index (χ4v) is 1.65. The van der Waals surface area contributed by atoms with Crippen LogP contribution in [0, 0.1) is 0 Å². The van der Waals surface area contributed by atoms with Crippen LogP contribution < -0.4 is 5.32 Å². The zero-order valence-corrected chi connectivity index (χ0v) is 8.95. The lowest BCUT2D eigenvalue weighted by atomic mass is 9.94. The Morgan fingerprint density at radius 3 is 2.47 bits per heavy atom. The second kappa shape index (κ2) is 5.53. The van der Waals surface area contributed by atoms with Crippen molar-refractivity contribution in [3.63, 3.8) is 0 Å². The highest BCUT2D eigenvalue weighted by atomic mass is 16.4. The number of carboxylic acids is 1. The summed E-state index contributed by atoms with van der Waals surface area (Å²) < 4.78 is 0. The van der Waals surface area contributed by atoms with E-state index < -0.39 is 12.0 Å². The Balaban J connectivity index is 2.43. The maximum atomic E-state index is 11.4. The van der Waals surface area contributed by atoms with Crippen LogP contribution in [0.15, 0.2) is 11.6 Å². The number of carbonyl (C=O) groups is 2. The van der Waals surface area contributed by atoms with E-state index in [1.165, 1.54) is 13.3 Å². The summed E-state index contributed by atoms with van der Waals surface area (Å²) in [4.78, 5) is 21.9. The molecule has 2 N–H and O–H groups in total. The number of carbonyl (C=O) groups excluding carboxylic acids is 1. The van der Waals surface area contributed by atoms with Gasteiger partial charge in [-0.05, 0) is 32.6 Å². The first-order chi connectivity index (χ1) is 7.09. The predicted molar refractivity (Wildman–Crippen MR) is 56.4 cm³/mol. The van der Waals surface area contributed by atoms with Crippen LogP contribution in [-0.4, -0.2) is 23.0 Å². The Kier molecular flexibility index (Phi) is 4.34. The van der Waals surface area contributed by atoms with E-state index in [4.69, 9.17) is 5.11 Å². The molecule has 0 spiro atoms. The quantitative estimate of drug-likeness (QED) is 0.694. The van der Waals surface area contributed by atoms with E-state index in [0.29, 0.717) is 0 Å². The first-order valence-electron chi connectivity index (χ1n) is 5.32. The second-order valence-electron chi connectivity index (χ2n) is 3.93. The van der Waals surface area contributed by atoms with Crippen molar-refractivity contribution in [3.8, 4) is 0 Å². The Morgan fingerprint density at radius 1 is 1.33 bits per heavy atom. The summed E-state index contributed by atoms with van der Waals surface area (Å²) in [5.41, 5.74) is 1.14. The number of rotatable bonds is 3. The largest absolute Gasteiger partial charge is 0.480 e. The summed E-state index contributed by atoms with van der Waals surface area (Å²) in [6, 6.07) is -0.821. The molecule has 0 radical (unpaired) electrons. The fourth-order valence-electron chi connectivity index (χ4n) is 1.65. The van der Waals surface area contributed by atoms with Crippen molar-refractivity contribution in [3.05, 3.63) is 11.6 Å². The molecule has 1 amide bonds. The van der Waals surface area contributed by atoms with Gasteiger partial charge >= 0.3 is 5.97 Å². The van der Waals surface area contributed by atoms with Gasteiger partial charge in [0.05, 0.1) is 0 Å². The molecule has 1 aliphatic rings. The Bertz CT molecular complexity index is 276. The van der Waals surface area contributed by atoms with Gasteiger partial charge in [0, 0.05) is 6.08 Å². The summed E-state index contributed by atoms with van der Waals surface area (Å²) in [5.74, 6) is -1.30. The van der Waals surface area contributed by atoms with Crippen LogP contribution in [0.1, 0.15) is 39.0 Å². The zero-order chi connectivity index (χ0) is 11.3. The number of aliphatic carboxylic acids is 1. The zero-order valence-electron chi connectivity index (χ0n) is 8.95. The van der Waals surface area contributed by atoms with E-state index >= 15 is 0 Å². The van der Waals surface area contributed by atoms with Crippen molar-refractivity contribution in [1.82, 2.24) is 5.32 Å². The third kappa shape index (κ3) is 4.14. The Labute approximate surface area is 89.4 Å². The molecule has 0 aliphatic heterocycles. The molecule has 0 saturated heterocycles. The predicted octanol–water partition coefficient (Wildman–Crippen LogP) is 1.47. The highest BCUT2D eigenvalue weighted by Crippen LogP contribution is 2.22.